The van der Waals surface area contributed by atoms with Gasteiger partial charge in [-0.2, -0.15) is 13.2 Å². The van der Waals surface area contributed by atoms with Crippen LogP contribution in [0.5, 0.6) is 0 Å². The van der Waals surface area contributed by atoms with Crippen molar-refractivity contribution in [1.29, 1.82) is 0 Å². The van der Waals surface area contributed by atoms with Crippen LogP contribution in [0.15, 0.2) is 4.79 Å². The summed E-state index contributed by atoms with van der Waals surface area (Å²) in [5.74, 6) is -1.25. The zero-order valence-electron chi connectivity index (χ0n) is 14.7. The minimum Gasteiger partial charge on any atom is -0.378 e. The van der Waals surface area contributed by atoms with Crippen LogP contribution in [-0.4, -0.2) is 52.7 Å². The highest BCUT2D eigenvalue weighted by molar-refractivity contribution is 7.16. The molecule has 12 heteroatoms. The lowest BCUT2D eigenvalue weighted by Crippen LogP contribution is -2.36. The Hall–Kier alpha value is -1.69. The van der Waals surface area contributed by atoms with Gasteiger partial charge in [0.2, 0.25) is 5.82 Å². The maximum atomic E-state index is 12.8. The van der Waals surface area contributed by atoms with Crippen molar-refractivity contribution in [3.8, 4) is 0 Å². The molecule has 0 saturated carbocycles. The number of alkyl halides is 3. The van der Waals surface area contributed by atoms with E-state index in [9.17, 15) is 18.0 Å². The lowest BCUT2D eigenvalue weighted by atomic mass is 10.1. The fraction of sp³-hybridized carbons (Fsp3) is 0.562. The van der Waals surface area contributed by atoms with Gasteiger partial charge in [0.05, 0.1) is 29.3 Å². The highest BCUT2D eigenvalue weighted by atomic mass is 35.5. The maximum absolute atomic E-state index is 12.8. The summed E-state index contributed by atoms with van der Waals surface area (Å²) in [4.78, 5) is 27.0. The molecule has 2 aliphatic heterocycles. The largest absolute Gasteiger partial charge is 0.449 e. The quantitative estimate of drug-likeness (QED) is 0.797. The Bertz CT molecular complexity index is 926. The van der Waals surface area contributed by atoms with E-state index < -0.39 is 17.6 Å². The van der Waals surface area contributed by atoms with Crippen LogP contribution in [0.2, 0.25) is 5.15 Å². The molecule has 7 nitrogen and oxygen atoms in total. The molecule has 2 aromatic rings. The summed E-state index contributed by atoms with van der Waals surface area (Å²) in [5, 5.41) is 1.24. The van der Waals surface area contributed by atoms with E-state index in [0.717, 1.165) is 23.1 Å². The van der Waals surface area contributed by atoms with Gasteiger partial charge >= 0.3 is 6.18 Å². The Labute approximate surface area is 167 Å². The molecule has 0 unspecified atom stereocenters. The molecule has 1 N–H and O–H groups in total. The van der Waals surface area contributed by atoms with Gasteiger partial charge < -0.3 is 14.6 Å². The van der Waals surface area contributed by atoms with E-state index >= 15 is 0 Å². The van der Waals surface area contributed by atoms with Gasteiger partial charge in [0.15, 0.2) is 5.13 Å². The van der Waals surface area contributed by atoms with Crippen molar-refractivity contribution in [2.45, 2.75) is 25.7 Å². The number of hydrogen-bond acceptors (Lipinski definition) is 7. The normalized spacial score (nSPS) is 18.4. The standard InChI is InChI=1S/C16H17ClF3N5O2S/c17-12-11(28-15(22-12)25-3-5-27-6-4-25)8-24-2-1-10-9(7-24)13(26)23-14(21-10)16(18,19)20/h1-8H2,(H,21,23,26). The smallest absolute Gasteiger partial charge is 0.378 e. The molecule has 4 heterocycles. The van der Waals surface area contributed by atoms with Gasteiger partial charge in [-0.15, -0.1) is 0 Å². The molecule has 0 spiro atoms. The second kappa shape index (κ2) is 7.62. The monoisotopic (exact) mass is 435 g/mol. The number of fused-ring (bicyclic) bond motifs is 1. The number of ether oxygens (including phenoxy) is 1. The predicted octanol–water partition coefficient (Wildman–Crippen LogP) is 2.29. The van der Waals surface area contributed by atoms with Crippen LogP contribution in [0.1, 0.15) is 22.0 Å². The molecule has 4 rings (SSSR count). The van der Waals surface area contributed by atoms with E-state index in [1.807, 2.05) is 9.88 Å². The SMILES string of the molecule is O=c1[nH]c(C(F)(F)F)nc2c1CN(Cc1sc(N3CCOCC3)nc1Cl)CC2. The molecule has 28 heavy (non-hydrogen) atoms. The average Bonchev–Trinajstić information content (AvgIpc) is 3.02. The first-order valence-electron chi connectivity index (χ1n) is 8.71. The van der Waals surface area contributed by atoms with Crippen molar-refractivity contribution in [3.05, 3.63) is 37.5 Å². The van der Waals surface area contributed by atoms with Gasteiger partial charge in [0.1, 0.15) is 5.15 Å². The second-order valence-electron chi connectivity index (χ2n) is 6.61. The minimum atomic E-state index is -4.67. The van der Waals surface area contributed by atoms with Gasteiger partial charge in [-0.3, -0.25) is 9.69 Å². The Morgan fingerprint density at radius 2 is 1.96 bits per heavy atom. The lowest BCUT2D eigenvalue weighted by molar-refractivity contribution is -0.145. The van der Waals surface area contributed by atoms with Crippen LogP contribution in [0.4, 0.5) is 18.3 Å². The average molecular weight is 436 g/mol. The highest BCUT2D eigenvalue weighted by Crippen LogP contribution is 2.32. The summed E-state index contributed by atoms with van der Waals surface area (Å²) in [5.41, 5.74) is -0.267. The minimum absolute atomic E-state index is 0.205. The number of rotatable bonds is 3. The fourth-order valence-electron chi connectivity index (χ4n) is 3.26. The number of morpholine rings is 1. The lowest BCUT2D eigenvalue weighted by Gasteiger charge is -2.27. The van der Waals surface area contributed by atoms with Gasteiger partial charge in [-0.25, -0.2) is 9.97 Å². The first-order chi connectivity index (χ1) is 13.3. The van der Waals surface area contributed by atoms with Crippen LogP contribution < -0.4 is 10.5 Å². The molecule has 0 atom stereocenters. The molecule has 0 amide bonds. The van der Waals surface area contributed by atoms with Crippen molar-refractivity contribution in [3.63, 3.8) is 0 Å². The zero-order chi connectivity index (χ0) is 19.9. The molecule has 0 radical (unpaired) electrons. The van der Waals surface area contributed by atoms with Crippen LogP contribution >= 0.6 is 22.9 Å². The van der Waals surface area contributed by atoms with E-state index in [4.69, 9.17) is 16.3 Å². The van der Waals surface area contributed by atoms with Crippen molar-refractivity contribution in [2.24, 2.45) is 0 Å². The van der Waals surface area contributed by atoms with Crippen molar-refractivity contribution < 1.29 is 17.9 Å². The van der Waals surface area contributed by atoms with Gasteiger partial charge in [-0.1, -0.05) is 22.9 Å². The maximum Gasteiger partial charge on any atom is 0.449 e. The number of nitrogens with zero attached hydrogens (tertiary/aromatic N) is 4. The summed E-state index contributed by atoms with van der Waals surface area (Å²) in [6.45, 7) is 3.97. The molecule has 1 saturated heterocycles. The van der Waals surface area contributed by atoms with Crippen molar-refractivity contribution in [2.75, 3.05) is 37.7 Å². The zero-order valence-corrected chi connectivity index (χ0v) is 16.3. The number of aromatic amines is 1. The van der Waals surface area contributed by atoms with Gasteiger partial charge in [0, 0.05) is 39.1 Å². The highest BCUT2D eigenvalue weighted by Gasteiger charge is 2.36. The van der Waals surface area contributed by atoms with Crippen LogP contribution in [0, 0.1) is 0 Å². The summed E-state index contributed by atoms with van der Waals surface area (Å²) in [7, 11) is 0. The molecule has 0 aliphatic carbocycles. The Balaban J connectivity index is 1.50. The Morgan fingerprint density at radius 3 is 2.68 bits per heavy atom. The molecule has 0 bridgehead atoms. The van der Waals surface area contributed by atoms with Gasteiger partial charge in [-0.05, 0) is 0 Å². The number of nitrogens with one attached hydrogen (secondary N) is 1. The van der Waals surface area contributed by atoms with E-state index in [1.54, 1.807) is 0 Å². The molecule has 152 valence electrons. The van der Waals surface area contributed by atoms with E-state index in [1.165, 1.54) is 11.3 Å². The molecule has 1 fully saturated rings. The topological polar surface area (TPSA) is 74.4 Å². The number of halogens is 4. The Morgan fingerprint density at radius 1 is 1.21 bits per heavy atom. The Kier molecular flexibility index (Phi) is 5.34. The predicted molar refractivity (Wildman–Crippen MR) is 97.8 cm³/mol. The molecule has 0 aromatic carbocycles. The summed E-state index contributed by atoms with van der Waals surface area (Å²) >= 11 is 7.78. The van der Waals surface area contributed by atoms with E-state index in [-0.39, 0.29) is 24.2 Å². The molecule has 2 aliphatic rings. The summed E-state index contributed by atoms with van der Waals surface area (Å²) in [6.07, 6.45) is -4.40. The van der Waals surface area contributed by atoms with Gasteiger partial charge in [0.25, 0.3) is 5.56 Å². The first kappa shape index (κ1) is 19.6. The van der Waals surface area contributed by atoms with E-state index in [0.29, 0.717) is 31.5 Å². The fourth-order valence-corrected chi connectivity index (χ4v) is 4.61. The van der Waals surface area contributed by atoms with Crippen LogP contribution in [0.25, 0.3) is 0 Å². The van der Waals surface area contributed by atoms with Crippen LogP contribution in [-0.2, 0) is 30.4 Å². The van der Waals surface area contributed by atoms with Crippen LogP contribution in [0.3, 0.4) is 0 Å². The van der Waals surface area contributed by atoms with Crippen molar-refractivity contribution >= 4 is 28.1 Å². The number of H-pyrrole nitrogens is 1. The van der Waals surface area contributed by atoms with E-state index in [2.05, 4.69) is 14.9 Å². The molecule has 2 aromatic heterocycles. The number of anilines is 1. The third-order valence-electron chi connectivity index (χ3n) is 4.70. The summed E-state index contributed by atoms with van der Waals surface area (Å²) in [6, 6.07) is 0. The summed E-state index contributed by atoms with van der Waals surface area (Å²) < 4.78 is 43.8. The third-order valence-corrected chi connectivity index (χ3v) is 6.23. The first-order valence-corrected chi connectivity index (χ1v) is 9.90. The number of aromatic nitrogens is 3. The molecular weight excluding hydrogens is 419 g/mol. The third kappa shape index (κ3) is 4.02. The van der Waals surface area contributed by atoms with Crippen molar-refractivity contribution in [1.82, 2.24) is 19.9 Å². The number of thiazole rings is 1. The number of hydrogen-bond donors (Lipinski definition) is 1. The molecular formula is C16H17ClF3N5O2S. The second-order valence-corrected chi connectivity index (χ2v) is 8.03.